The predicted molar refractivity (Wildman–Crippen MR) is 74.2 cm³/mol. The zero-order valence-corrected chi connectivity index (χ0v) is 12.2. The van der Waals surface area contributed by atoms with E-state index in [4.69, 9.17) is 10.8 Å². The van der Waals surface area contributed by atoms with Crippen LogP contribution in [0.1, 0.15) is 26.2 Å². The highest BCUT2D eigenvalue weighted by molar-refractivity contribution is 5.83. The van der Waals surface area contributed by atoms with Gasteiger partial charge in [0.05, 0.1) is 0 Å². The number of aliphatic carboxylic acids is 1. The van der Waals surface area contributed by atoms with Crippen LogP contribution < -0.4 is 16.4 Å². The molecule has 0 radical (unpaired) electrons. The lowest BCUT2D eigenvalue weighted by Crippen LogP contribution is -2.49. The van der Waals surface area contributed by atoms with E-state index in [0.717, 1.165) is 13.0 Å². The van der Waals surface area contributed by atoms with Crippen molar-refractivity contribution >= 4 is 17.9 Å². The first-order chi connectivity index (χ1) is 9.22. The molecule has 2 unspecified atom stereocenters. The molecular formula is C12H24N4O4. The number of primary amides is 1. The van der Waals surface area contributed by atoms with E-state index in [0.29, 0.717) is 0 Å². The van der Waals surface area contributed by atoms with Crippen LogP contribution in [0.5, 0.6) is 0 Å². The van der Waals surface area contributed by atoms with Crippen molar-refractivity contribution < 1.29 is 19.5 Å². The van der Waals surface area contributed by atoms with Crippen LogP contribution in [0.3, 0.4) is 0 Å². The topological polar surface area (TPSA) is 125 Å². The summed E-state index contributed by atoms with van der Waals surface area (Å²) in [5.74, 6) is -1.79. The van der Waals surface area contributed by atoms with Gasteiger partial charge in [0.2, 0.25) is 5.91 Å². The molecule has 0 aliphatic carbocycles. The number of carbonyl (C=O) groups excluding carboxylic acids is 2. The van der Waals surface area contributed by atoms with Gasteiger partial charge >= 0.3 is 12.0 Å². The zero-order chi connectivity index (χ0) is 15.7. The number of nitrogens with two attached hydrogens (primary N) is 1. The molecule has 0 aliphatic rings. The van der Waals surface area contributed by atoms with Crippen LogP contribution in [-0.4, -0.2) is 60.6 Å². The van der Waals surface area contributed by atoms with Gasteiger partial charge in [-0.1, -0.05) is 0 Å². The molecular weight excluding hydrogens is 264 g/mol. The monoisotopic (exact) mass is 288 g/mol. The van der Waals surface area contributed by atoms with Gasteiger partial charge in [0.15, 0.2) is 0 Å². The number of amides is 3. The number of carboxylic acid groups (broad SMARTS) is 1. The van der Waals surface area contributed by atoms with Crippen LogP contribution in [0.4, 0.5) is 4.79 Å². The van der Waals surface area contributed by atoms with Crippen molar-refractivity contribution in [3.63, 3.8) is 0 Å². The Morgan fingerprint density at radius 3 is 2.25 bits per heavy atom. The summed E-state index contributed by atoms with van der Waals surface area (Å²) < 4.78 is 0. The fraction of sp³-hybridized carbons (Fsp3) is 0.750. The third-order valence-corrected chi connectivity index (χ3v) is 2.67. The fourth-order valence-electron chi connectivity index (χ4n) is 1.49. The number of nitrogens with zero attached hydrogens (tertiary/aromatic N) is 1. The molecule has 0 spiro atoms. The number of nitrogens with one attached hydrogen (secondary N) is 2. The van der Waals surface area contributed by atoms with E-state index in [1.54, 1.807) is 0 Å². The van der Waals surface area contributed by atoms with Crippen LogP contribution in [0, 0.1) is 0 Å². The van der Waals surface area contributed by atoms with Gasteiger partial charge in [0.1, 0.15) is 6.04 Å². The van der Waals surface area contributed by atoms with Gasteiger partial charge in [-0.05, 0) is 40.4 Å². The highest BCUT2D eigenvalue weighted by Gasteiger charge is 2.21. The normalized spacial score (nSPS) is 13.6. The van der Waals surface area contributed by atoms with Crippen molar-refractivity contribution in [2.45, 2.75) is 38.3 Å². The molecule has 0 aromatic carbocycles. The molecule has 8 nitrogen and oxygen atoms in total. The number of hydrogen-bond acceptors (Lipinski definition) is 4. The van der Waals surface area contributed by atoms with E-state index in [-0.39, 0.29) is 18.9 Å². The SMILES string of the molecule is CC(CCN(C)C)NC(=O)NC(CCC(N)=O)C(=O)O. The van der Waals surface area contributed by atoms with Crippen LogP contribution in [0.25, 0.3) is 0 Å². The molecule has 0 heterocycles. The van der Waals surface area contributed by atoms with Crippen molar-refractivity contribution in [3.05, 3.63) is 0 Å². The standard InChI is InChI=1S/C12H24N4O4/c1-8(6-7-16(2)3)14-12(20)15-9(11(18)19)4-5-10(13)17/h8-9H,4-7H2,1-3H3,(H2,13,17)(H,18,19)(H2,14,15,20). The van der Waals surface area contributed by atoms with Gasteiger partial charge < -0.3 is 26.4 Å². The Bertz CT molecular complexity index is 346. The van der Waals surface area contributed by atoms with Gasteiger partial charge in [0, 0.05) is 12.5 Å². The summed E-state index contributed by atoms with van der Waals surface area (Å²) in [6.07, 6.45) is 0.636. The van der Waals surface area contributed by atoms with Gasteiger partial charge in [-0.15, -0.1) is 0 Å². The van der Waals surface area contributed by atoms with E-state index in [1.165, 1.54) is 0 Å². The lowest BCUT2D eigenvalue weighted by Gasteiger charge is -2.19. The average molecular weight is 288 g/mol. The van der Waals surface area contributed by atoms with E-state index in [1.807, 2.05) is 25.9 Å². The van der Waals surface area contributed by atoms with Crippen molar-refractivity contribution in [3.8, 4) is 0 Å². The average Bonchev–Trinajstić information content (AvgIpc) is 2.31. The maximum absolute atomic E-state index is 11.6. The van der Waals surface area contributed by atoms with Crippen LogP contribution in [0.15, 0.2) is 0 Å². The molecule has 0 fully saturated rings. The van der Waals surface area contributed by atoms with Gasteiger partial charge in [-0.25, -0.2) is 9.59 Å². The summed E-state index contributed by atoms with van der Waals surface area (Å²) in [5.41, 5.74) is 4.96. The van der Waals surface area contributed by atoms with Gasteiger partial charge in [0.25, 0.3) is 0 Å². The second kappa shape index (κ2) is 9.13. The minimum absolute atomic E-state index is 0.0236. The fourth-order valence-corrected chi connectivity index (χ4v) is 1.49. The first-order valence-corrected chi connectivity index (χ1v) is 6.45. The Hall–Kier alpha value is -1.83. The van der Waals surface area contributed by atoms with Crippen molar-refractivity contribution in [2.24, 2.45) is 5.73 Å². The number of urea groups is 1. The maximum atomic E-state index is 11.6. The first kappa shape index (κ1) is 18.2. The maximum Gasteiger partial charge on any atom is 0.326 e. The Balaban J connectivity index is 4.18. The molecule has 20 heavy (non-hydrogen) atoms. The summed E-state index contributed by atoms with van der Waals surface area (Å²) in [7, 11) is 3.86. The highest BCUT2D eigenvalue weighted by atomic mass is 16.4. The van der Waals surface area contributed by atoms with Crippen LogP contribution in [0.2, 0.25) is 0 Å². The largest absolute Gasteiger partial charge is 0.480 e. The molecule has 0 bridgehead atoms. The molecule has 0 aliphatic heterocycles. The van der Waals surface area contributed by atoms with Gasteiger partial charge in [-0.2, -0.15) is 0 Å². The predicted octanol–water partition coefficient (Wildman–Crippen LogP) is -0.655. The first-order valence-electron chi connectivity index (χ1n) is 6.45. The Kier molecular flexibility index (Phi) is 8.30. The molecule has 0 aromatic rings. The molecule has 0 aromatic heterocycles. The summed E-state index contributed by atoms with van der Waals surface area (Å²) in [4.78, 5) is 35.2. The van der Waals surface area contributed by atoms with Crippen molar-refractivity contribution in [1.82, 2.24) is 15.5 Å². The smallest absolute Gasteiger partial charge is 0.326 e. The Labute approximate surface area is 118 Å². The lowest BCUT2D eigenvalue weighted by atomic mass is 10.1. The Morgan fingerprint density at radius 1 is 1.20 bits per heavy atom. The molecule has 8 heteroatoms. The van der Waals surface area contributed by atoms with Crippen molar-refractivity contribution in [2.75, 3.05) is 20.6 Å². The number of carboxylic acids is 1. The molecule has 116 valence electrons. The number of hydrogen-bond donors (Lipinski definition) is 4. The zero-order valence-electron chi connectivity index (χ0n) is 12.2. The quantitative estimate of drug-likeness (QED) is 0.448. The summed E-state index contributed by atoms with van der Waals surface area (Å²) in [6.45, 7) is 2.65. The molecule has 0 saturated heterocycles. The van der Waals surface area contributed by atoms with E-state index in [2.05, 4.69) is 10.6 Å². The van der Waals surface area contributed by atoms with E-state index < -0.39 is 23.9 Å². The summed E-state index contributed by atoms with van der Waals surface area (Å²) in [5, 5.41) is 13.9. The Morgan fingerprint density at radius 2 is 1.80 bits per heavy atom. The van der Waals surface area contributed by atoms with Crippen molar-refractivity contribution in [1.29, 1.82) is 0 Å². The second-order valence-corrected chi connectivity index (χ2v) is 5.01. The summed E-state index contributed by atoms with van der Waals surface area (Å²) >= 11 is 0. The highest BCUT2D eigenvalue weighted by Crippen LogP contribution is 1.98. The van der Waals surface area contributed by atoms with E-state index in [9.17, 15) is 14.4 Å². The van der Waals surface area contributed by atoms with Crippen LogP contribution in [-0.2, 0) is 9.59 Å². The molecule has 5 N–H and O–H groups in total. The second-order valence-electron chi connectivity index (χ2n) is 5.01. The molecule has 0 saturated carbocycles. The third-order valence-electron chi connectivity index (χ3n) is 2.67. The lowest BCUT2D eigenvalue weighted by molar-refractivity contribution is -0.139. The minimum Gasteiger partial charge on any atom is -0.480 e. The van der Waals surface area contributed by atoms with Crippen LogP contribution >= 0.6 is 0 Å². The third kappa shape index (κ3) is 9.15. The molecule has 0 rings (SSSR count). The number of rotatable bonds is 9. The molecule has 3 amide bonds. The molecule has 2 atom stereocenters. The minimum atomic E-state index is -1.19. The van der Waals surface area contributed by atoms with E-state index >= 15 is 0 Å². The number of carbonyl (C=O) groups is 3. The van der Waals surface area contributed by atoms with Gasteiger partial charge in [-0.3, -0.25) is 4.79 Å². The summed E-state index contributed by atoms with van der Waals surface area (Å²) in [6, 6.07) is -1.76.